The molecule has 6 nitrogen and oxygen atoms in total. The number of halogens is 1. The van der Waals surface area contributed by atoms with Gasteiger partial charge in [-0.2, -0.15) is 5.26 Å². The van der Waals surface area contributed by atoms with E-state index in [0.29, 0.717) is 23.3 Å². The first kappa shape index (κ1) is 18.3. The fourth-order valence-corrected chi connectivity index (χ4v) is 2.91. The minimum atomic E-state index is -0.974. The van der Waals surface area contributed by atoms with Crippen LogP contribution < -0.4 is 5.32 Å². The average molecular weight is 395 g/mol. The van der Waals surface area contributed by atoms with Crippen molar-refractivity contribution in [1.82, 2.24) is 5.32 Å². The van der Waals surface area contributed by atoms with Gasteiger partial charge in [-0.15, -0.1) is 0 Å². The maximum Gasteiger partial charge on any atom is 0.331 e. The van der Waals surface area contributed by atoms with E-state index >= 15 is 0 Å². The van der Waals surface area contributed by atoms with Gasteiger partial charge in [0.15, 0.2) is 10.8 Å². The highest BCUT2D eigenvalue weighted by Crippen LogP contribution is 2.27. The standard InChI is InChI=1S/C17H19BrN2O4/c1-12(16(22)20-17(11-19)9-3-2-4-10-17)23-15(21)8-6-13-5-7-14(18)24-13/h5-8,12H,2-4,9-10H2,1H3,(H,20,22)/b8-6+/t12-/m1/s1. The van der Waals surface area contributed by atoms with E-state index in [4.69, 9.17) is 9.15 Å². The van der Waals surface area contributed by atoms with Gasteiger partial charge in [-0.25, -0.2) is 4.79 Å². The molecule has 1 fully saturated rings. The molecule has 0 radical (unpaired) electrons. The van der Waals surface area contributed by atoms with Gasteiger partial charge in [-0.1, -0.05) is 19.3 Å². The number of carbonyl (C=O) groups excluding carboxylic acids is 2. The predicted molar refractivity (Wildman–Crippen MR) is 90.6 cm³/mol. The Balaban J connectivity index is 1.87. The molecule has 0 saturated heterocycles. The van der Waals surface area contributed by atoms with Gasteiger partial charge >= 0.3 is 5.97 Å². The molecule has 0 spiro atoms. The Kier molecular flexibility index (Phi) is 6.21. The summed E-state index contributed by atoms with van der Waals surface area (Å²) >= 11 is 3.16. The Labute approximate surface area is 149 Å². The molecular formula is C17H19BrN2O4. The van der Waals surface area contributed by atoms with Gasteiger partial charge in [0, 0.05) is 6.08 Å². The average Bonchev–Trinajstić information content (AvgIpc) is 2.99. The van der Waals surface area contributed by atoms with Crippen LogP contribution in [0.25, 0.3) is 6.08 Å². The number of hydrogen-bond acceptors (Lipinski definition) is 5. The first-order valence-corrected chi connectivity index (χ1v) is 8.61. The highest BCUT2D eigenvalue weighted by Gasteiger charge is 2.35. The van der Waals surface area contributed by atoms with E-state index in [1.807, 2.05) is 0 Å². The van der Waals surface area contributed by atoms with Crippen molar-refractivity contribution in [2.45, 2.75) is 50.7 Å². The molecule has 7 heteroatoms. The normalized spacial score (nSPS) is 17.9. The summed E-state index contributed by atoms with van der Waals surface area (Å²) in [5.74, 6) is -0.623. The molecule has 0 aliphatic heterocycles. The van der Waals surface area contributed by atoms with Crippen molar-refractivity contribution in [3.05, 3.63) is 28.6 Å². The van der Waals surface area contributed by atoms with E-state index < -0.39 is 23.5 Å². The zero-order valence-electron chi connectivity index (χ0n) is 13.4. The molecule has 0 unspecified atom stereocenters. The van der Waals surface area contributed by atoms with Gasteiger partial charge in [0.1, 0.15) is 11.3 Å². The number of nitrogens with zero attached hydrogens (tertiary/aromatic N) is 1. The summed E-state index contributed by atoms with van der Waals surface area (Å²) < 4.78 is 10.8. The van der Waals surface area contributed by atoms with Gasteiger partial charge in [0.25, 0.3) is 5.91 Å². The van der Waals surface area contributed by atoms with E-state index in [1.54, 1.807) is 12.1 Å². The van der Waals surface area contributed by atoms with E-state index in [1.165, 1.54) is 19.1 Å². The number of nitriles is 1. The third-order valence-electron chi connectivity index (χ3n) is 3.92. The van der Waals surface area contributed by atoms with Crippen LogP contribution in [0.15, 0.2) is 27.3 Å². The molecule has 24 heavy (non-hydrogen) atoms. The molecule has 1 amide bonds. The SMILES string of the molecule is C[C@@H](OC(=O)/C=C/c1ccc(Br)o1)C(=O)NC1(C#N)CCCCC1. The second-order valence-electron chi connectivity index (χ2n) is 5.80. The fourth-order valence-electron chi connectivity index (χ4n) is 2.59. The van der Waals surface area contributed by atoms with E-state index in [0.717, 1.165) is 19.3 Å². The number of hydrogen-bond donors (Lipinski definition) is 1. The molecule has 0 bridgehead atoms. The summed E-state index contributed by atoms with van der Waals surface area (Å²) in [5, 5.41) is 12.1. The molecule has 1 aliphatic carbocycles. The Morgan fingerprint density at radius 3 is 2.71 bits per heavy atom. The predicted octanol–water partition coefficient (Wildman–Crippen LogP) is 3.33. The van der Waals surface area contributed by atoms with Crippen LogP contribution in [0.5, 0.6) is 0 Å². The van der Waals surface area contributed by atoms with Crippen molar-refractivity contribution in [2.75, 3.05) is 0 Å². The largest absolute Gasteiger partial charge is 0.450 e. The molecule has 1 N–H and O–H groups in total. The van der Waals surface area contributed by atoms with Crippen LogP contribution in [0.4, 0.5) is 0 Å². The van der Waals surface area contributed by atoms with Crippen molar-refractivity contribution in [3.8, 4) is 6.07 Å². The smallest absolute Gasteiger partial charge is 0.331 e. The van der Waals surface area contributed by atoms with Crippen LogP contribution in [0.3, 0.4) is 0 Å². The molecular weight excluding hydrogens is 376 g/mol. The zero-order chi connectivity index (χ0) is 17.6. The van der Waals surface area contributed by atoms with Crippen LogP contribution >= 0.6 is 15.9 Å². The van der Waals surface area contributed by atoms with E-state index in [9.17, 15) is 14.9 Å². The lowest BCUT2D eigenvalue weighted by Gasteiger charge is -2.32. The molecule has 1 aromatic rings. The maximum absolute atomic E-state index is 12.2. The van der Waals surface area contributed by atoms with Crippen LogP contribution in [0, 0.1) is 11.3 Å². The molecule has 1 aliphatic rings. The van der Waals surface area contributed by atoms with Crippen molar-refractivity contribution >= 4 is 33.9 Å². The van der Waals surface area contributed by atoms with E-state index in [2.05, 4.69) is 27.3 Å². The fraction of sp³-hybridized carbons (Fsp3) is 0.471. The summed E-state index contributed by atoms with van der Waals surface area (Å²) in [6, 6.07) is 5.59. The van der Waals surface area contributed by atoms with Gasteiger partial charge in [-0.3, -0.25) is 4.79 Å². The lowest BCUT2D eigenvalue weighted by Crippen LogP contribution is -2.52. The minimum Gasteiger partial charge on any atom is -0.450 e. The highest BCUT2D eigenvalue weighted by molar-refractivity contribution is 9.10. The monoisotopic (exact) mass is 394 g/mol. The number of rotatable bonds is 5. The number of esters is 1. The first-order valence-electron chi connectivity index (χ1n) is 7.81. The van der Waals surface area contributed by atoms with Gasteiger partial charge in [0.05, 0.1) is 6.07 Å². The minimum absolute atomic E-state index is 0.457. The quantitative estimate of drug-likeness (QED) is 0.610. The van der Waals surface area contributed by atoms with Gasteiger partial charge in [-0.05, 0) is 53.9 Å². The zero-order valence-corrected chi connectivity index (χ0v) is 15.0. The summed E-state index contributed by atoms with van der Waals surface area (Å²) in [6.07, 6.45) is 5.81. The summed E-state index contributed by atoms with van der Waals surface area (Å²) in [7, 11) is 0. The van der Waals surface area contributed by atoms with Crippen LogP contribution in [-0.2, 0) is 14.3 Å². The lowest BCUT2D eigenvalue weighted by molar-refractivity contribution is -0.150. The summed E-state index contributed by atoms with van der Waals surface area (Å²) in [6.45, 7) is 1.48. The molecule has 128 valence electrons. The van der Waals surface area contributed by atoms with Crippen LogP contribution in [0.1, 0.15) is 44.8 Å². The number of amides is 1. The van der Waals surface area contributed by atoms with Crippen molar-refractivity contribution in [1.29, 1.82) is 5.26 Å². The topological polar surface area (TPSA) is 92.3 Å². The van der Waals surface area contributed by atoms with E-state index in [-0.39, 0.29) is 0 Å². The maximum atomic E-state index is 12.2. The Hall–Kier alpha value is -2.07. The summed E-state index contributed by atoms with van der Waals surface area (Å²) in [4.78, 5) is 24.0. The van der Waals surface area contributed by atoms with Crippen molar-refractivity contribution in [3.63, 3.8) is 0 Å². The number of nitrogens with one attached hydrogen (secondary N) is 1. The second-order valence-corrected chi connectivity index (χ2v) is 6.58. The van der Waals surface area contributed by atoms with Crippen LogP contribution in [-0.4, -0.2) is 23.5 Å². The summed E-state index contributed by atoms with van der Waals surface area (Å²) in [5.41, 5.74) is -0.841. The van der Waals surface area contributed by atoms with Crippen molar-refractivity contribution < 1.29 is 18.7 Å². The molecule has 1 saturated carbocycles. The molecule has 1 atom stereocenters. The third kappa shape index (κ3) is 4.96. The number of carbonyl (C=O) groups is 2. The number of furan rings is 1. The van der Waals surface area contributed by atoms with Gasteiger partial charge < -0.3 is 14.5 Å². The lowest BCUT2D eigenvalue weighted by atomic mass is 9.83. The van der Waals surface area contributed by atoms with Crippen LogP contribution in [0.2, 0.25) is 0 Å². The first-order chi connectivity index (χ1) is 11.4. The van der Waals surface area contributed by atoms with Gasteiger partial charge in [0.2, 0.25) is 0 Å². The molecule has 2 rings (SSSR count). The van der Waals surface area contributed by atoms with Crippen molar-refractivity contribution in [2.24, 2.45) is 0 Å². The molecule has 1 aromatic heterocycles. The Morgan fingerprint density at radius 2 is 2.12 bits per heavy atom. The Bertz CT molecular complexity index is 668. The third-order valence-corrected chi connectivity index (χ3v) is 4.35. The molecule has 1 heterocycles. The molecule has 0 aromatic carbocycles. The second kappa shape index (κ2) is 8.15. The Morgan fingerprint density at radius 1 is 1.42 bits per heavy atom. The highest BCUT2D eigenvalue weighted by atomic mass is 79.9. The number of ether oxygens (including phenoxy) is 1.